The highest BCUT2D eigenvalue weighted by atomic mass is 35.5. The number of fused-ring (bicyclic) bond motifs is 1. The molecule has 4 aromatic rings. The highest BCUT2D eigenvalue weighted by molar-refractivity contribution is 6.30. The molecule has 0 aliphatic rings. The van der Waals surface area contributed by atoms with Gasteiger partial charge in [0.05, 0.1) is 6.04 Å². The normalized spacial score (nSPS) is 12.0. The van der Waals surface area contributed by atoms with Crippen molar-refractivity contribution < 1.29 is 4.79 Å². The SMILES string of the molecule is O=C(Cn1ccc2ccccc2c1=O)NCC(c1ccc(Cl)cc1)n1cccn1. The molecular formula is C22H19ClN4O2. The number of pyridine rings is 1. The van der Waals surface area contributed by atoms with Crippen LogP contribution in [-0.2, 0) is 11.3 Å². The first-order chi connectivity index (χ1) is 14.1. The van der Waals surface area contributed by atoms with Gasteiger partial charge in [-0.1, -0.05) is 41.9 Å². The van der Waals surface area contributed by atoms with Gasteiger partial charge in [-0.15, -0.1) is 0 Å². The number of benzene rings is 2. The molecule has 0 aliphatic heterocycles. The molecule has 0 saturated carbocycles. The van der Waals surface area contributed by atoms with E-state index < -0.39 is 0 Å². The lowest BCUT2D eigenvalue weighted by Crippen LogP contribution is -2.36. The largest absolute Gasteiger partial charge is 0.352 e. The lowest BCUT2D eigenvalue weighted by Gasteiger charge is -2.19. The van der Waals surface area contributed by atoms with Gasteiger partial charge >= 0.3 is 0 Å². The predicted octanol–water partition coefficient (Wildman–Crippen LogP) is 3.26. The van der Waals surface area contributed by atoms with Crippen LogP contribution in [0.4, 0.5) is 0 Å². The monoisotopic (exact) mass is 406 g/mol. The third-order valence-corrected chi connectivity index (χ3v) is 5.04. The third kappa shape index (κ3) is 4.22. The summed E-state index contributed by atoms with van der Waals surface area (Å²) in [5.41, 5.74) is 0.792. The molecular weight excluding hydrogens is 388 g/mol. The van der Waals surface area contributed by atoms with Gasteiger partial charge in [0.1, 0.15) is 6.54 Å². The van der Waals surface area contributed by atoms with E-state index in [2.05, 4.69) is 10.4 Å². The fraction of sp³-hybridized carbons (Fsp3) is 0.136. The summed E-state index contributed by atoms with van der Waals surface area (Å²) < 4.78 is 3.20. The Kier molecular flexibility index (Phi) is 5.44. The summed E-state index contributed by atoms with van der Waals surface area (Å²) in [5.74, 6) is -0.242. The second-order valence-corrected chi connectivity index (χ2v) is 7.13. The van der Waals surface area contributed by atoms with E-state index in [1.54, 1.807) is 23.1 Å². The van der Waals surface area contributed by atoms with Crippen LogP contribution >= 0.6 is 11.6 Å². The summed E-state index contributed by atoms with van der Waals surface area (Å²) in [6.07, 6.45) is 5.19. The van der Waals surface area contributed by atoms with Gasteiger partial charge in [0.15, 0.2) is 0 Å². The minimum atomic E-state index is -0.242. The molecule has 2 heterocycles. The number of rotatable bonds is 6. The van der Waals surface area contributed by atoms with E-state index in [1.165, 1.54) is 4.57 Å². The molecule has 1 amide bonds. The maximum Gasteiger partial charge on any atom is 0.258 e. The number of carbonyl (C=O) groups is 1. The van der Waals surface area contributed by atoms with E-state index in [4.69, 9.17) is 11.6 Å². The highest BCUT2D eigenvalue weighted by Gasteiger charge is 2.16. The van der Waals surface area contributed by atoms with Gasteiger partial charge < -0.3 is 9.88 Å². The van der Waals surface area contributed by atoms with Gasteiger partial charge in [-0.2, -0.15) is 5.10 Å². The van der Waals surface area contributed by atoms with Gasteiger partial charge in [-0.3, -0.25) is 14.3 Å². The zero-order valence-electron chi connectivity index (χ0n) is 15.5. The Labute approximate surface area is 172 Å². The summed E-state index contributed by atoms with van der Waals surface area (Å²) in [5, 5.41) is 9.32. The van der Waals surface area contributed by atoms with Crippen molar-refractivity contribution in [2.24, 2.45) is 0 Å². The number of hydrogen-bond acceptors (Lipinski definition) is 3. The van der Waals surface area contributed by atoms with Crippen LogP contribution in [0.3, 0.4) is 0 Å². The molecule has 1 unspecified atom stereocenters. The van der Waals surface area contributed by atoms with Gasteiger partial charge in [-0.05, 0) is 41.3 Å². The topological polar surface area (TPSA) is 68.9 Å². The molecule has 2 aromatic heterocycles. The molecule has 4 rings (SSSR count). The van der Waals surface area contributed by atoms with Crippen molar-refractivity contribution in [3.63, 3.8) is 0 Å². The Morgan fingerprint density at radius 1 is 1.03 bits per heavy atom. The number of amides is 1. The number of nitrogens with zero attached hydrogens (tertiary/aromatic N) is 3. The van der Waals surface area contributed by atoms with E-state index in [0.717, 1.165) is 10.9 Å². The van der Waals surface area contributed by atoms with Crippen LogP contribution in [0, 0.1) is 0 Å². The molecule has 1 N–H and O–H groups in total. The quantitative estimate of drug-likeness (QED) is 0.534. The highest BCUT2D eigenvalue weighted by Crippen LogP contribution is 2.19. The van der Waals surface area contributed by atoms with Gasteiger partial charge in [0, 0.05) is 35.5 Å². The van der Waals surface area contributed by atoms with E-state index in [0.29, 0.717) is 17.0 Å². The third-order valence-electron chi connectivity index (χ3n) is 4.79. The summed E-state index contributed by atoms with van der Waals surface area (Å²) in [7, 11) is 0. The van der Waals surface area contributed by atoms with Crippen LogP contribution in [0.5, 0.6) is 0 Å². The van der Waals surface area contributed by atoms with E-state index >= 15 is 0 Å². The number of halogens is 1. The van der Waals surface area contributed by atoms with Gasteiger partial charge in [-0.25, -0.2) is 0 Å². The van der Waals surface area contributed by atoms with E-state index in [9.17, 15) is 9.59 Å². The molecule has 2 aromatic carbocycles. The Balaban J connectivity index is 1.49. The van der Waals surface area contributed by atoms with Crippen LogP contribution in [-0.4, -0.2) is 26.8 Å². The molecule has 29 heavy (non-hydrogen) atoms. The lowest BCUT2D eigenvalue weighted by molar-refractivity contribution is -0.121. The number of aromatic nitrogens is 3. The minimum absolute atomic E-state index is 0.0455. The maximum atomic E-state index is 12.6. The molecule has 0 fully saturated rings. The van der Waals surface area contributed by atoms with Gasteiger partial charge in [0.2, 0.25) is 5.91 Å². The average Bonchev–Trinajstić information content (AvgIpc) is 3.26. The van der Waals surface area contributed by atoms with Crippen molar-refractivity contribution in [1.29, 1.82) is 0 Å². The molecule has 0 saturated heterocycles. The Morgan fingerprint density at radius 2 is 1.83 bits per heavy atom. The van der Waals surface area contributed by atoms with Crippen LogP contribution in [0.2, 0.25) is 5.02 Å². The van der Waals surface area contributed by atoms with Crippen LogP contribution in [0.1, 0.15) is 11.6 Å². The second kappa shape index (κ2) is 8.32. The Bertz CT molecular complexity index is 1180. The lowest BCUT2D eigenvalue weighted by atomic mass is 10.1. The van der Waals surface area contributed by atoms with Crippen LogP contribution in [0.25, 0.3) is 10.8 Å². The number of hydrogen-bond donors (Lipinski definition) is 1. The average molecular weight is 407 g/mol. The van der Waals surface area contributed by atoms with Crippen molar-refractivity contribution in [3.05, 3.63) is 100 Å². The van der Waals surface area contributed by atoms with E-state index in [-0.39, 0.29) is 24.1 Å². The first-order valence-corrected chi connectivity index (χ1v) is 9.59. The maximum absolute atomic E-state index is 12.6. The zero-order valence-corrected chi connectivity index (χ0v) is 16.3. The Morgan fingerprint density at radius 3 is 2.59 bits per heavy atom. The molecule has 1 atom stereocenters. The molecule has 0 radical (unpaired) electrons. The van der Waals surface area contributed by atoms with Crippen LogP contribution in [0.15, 0.2) is 84.0 Å². The fourth-order valence-corrected chi connectivity index (χ4v) is 3.42. The van der Waals surface area contributed by atoms with Crippen molar-refractivity contribution >= 4 is 28.3 Å². The molecule has 7 heteroatoms. The van der Waals surface area contributed by atoms with Crippen molar-refractivity contribution in [3.8, 4) is 0 Å². The molecule has 0 aliphatic carbocycles. The summed E-state index contributed by atoms with van der Waals surface area (Å²) in [4.78, 5) is 25.1. The number of carbonyl (C=O) groups excluding carboxylic acids is 1. The van der Waals surface area contributed by atoms with Crippen molar-refractivity contribution in [2.75, 3.05) is 6.54 Å². The van der Waals surface area contributed by atoms with Crippen molar-refractivity contribution in [1.82, 2.24) is 19.7 Å². The summed E-state index contributed by atoms with van der Waals surface area (Å²) >= 11 is 5.99. The zero-order chi connectivity index (χ0) is 20.2. The summed E-state index contributed by atoms with van der Waals surface area (Å²) in [6.45, 7) is 0.292. The standard InChI is InChI=1S/C22H19ClN4O2/c23-18-8-6-17(7-9-18)20(27-12-3-11-25-27)14-24-21(28)15-26-13-10-16-4-1-2-5-19(16)22(26)29/h1-13,20H,14-15H2,(H,24,28). The molecule has 0 bridgehead atoms. The second-order valence-electron chi connectivity index (χ2n) is 6.69. The predicted molar refractivity (Wildman–Crippen MR) is 113 cm³/mol. The number of nitrogens with one attached hydrogen (secondary N) is 1. The molecule has 6 nitrogen and oxygen atoms in total. The molecule has 146 valence electrons. The summed E-state index contributed by atoms with van der Waals surface area (Å²) in [6, 6.07) is 18.3. The Hall–Kier alpha value is -3.38. The first-order valence-electron chi connectivity index (χ1n) is 9.21. The van der Waals surface area contributed by atoms with Gasteiger partial charge in [0.25, 0.3) is 5.56 Å². The fourth-order valence-electron chi connectivity index (χ4n) is 3.29. The van der Waals surface area contributed by atoms with Crippen LogP contribution < -0.4 is 10.9 Å². The minimum Gasteiger partial charge on any atom is -0.352 e. The first kappa shape index (κ1) is 19.0. The molecule has 0 spiro atoms. The van der Waals surface area contributed by atoms with E-state index in [1.807, 2.05) is 60.8 Å². The smallest absolute Gasteiger partial charge is 0.258 e. The van der Waals surface area contributed by atoms with Crippen molar-refractivity contribution in [2.45, 2.75) is 12.6 Å².